The molecule has 0 atom stereocenters. The Morgan fingerprint density at radius 2 is 1.95 bits per heavy atom. The lowest BCUT2D eigenvalue weighted by molar-refractivity contribution is 0.325. The van der Waals surface area contributed by atoms with Crippen molar-refractivity contribution in [2.24, 2.45) is 0 Å². The Morgan fingerprint density at radius 1 is 1.15 bits per heavy atom. The van der Waals surface area contributed by atoms with Crippen LogP contribution in [0.3, 0.4) is 0 Å². The quantitative estimate of drug-likeness (QED) is 0.839. The first-order chi connectivity index (χ1) is 9.81. The predicted octanol–water partition coefficient (Wildman–Crippen LogP) is 2.83. The monoisotopic (exact) mass is 272 g/mol. The zero-order chi connectivity index (χ0) is 14.2. The van der Waals surface area contributed by atoms with Crippen molar-refractivity contribution >= 4 is 5.82 Å². The molecule has 0 aromatic carbocycles. The van der Waals surface area contributed by atoms with Crippen LogP contribution in [0.1, 0.15) is 31.7 Å². The second kappa shape index (κ2) is 7.43. The average Bonchev–Trinajstić information content (AvgIpc) is 2.47. The fourth-order valence-corrected chi connectivity index (χ4v) is 1.81. The summed E-state index contributed by atoms with van der Waals surface area (Å²) >= 11 is 0. The highest BCUT2D eigenvalue weighted by Gasteiger charge is 2.05. The molecule has 0 bridgehead atoms. The SMILES string of the molecule is CCCc1nc(NCc2ccncc2)cc(OCC)n1. The van der Waals surface area contributed by atoms with E-state index in [1.54, 1.807) is 12.4 Å². The summed E-state index contributed by atoms with van der Waals surface area (Å²) in [6, 6.07) is 5.79. The van der Waals surface area contributed by atoms with Gasteiger partial charge in [0.2, 0.25) is 5.88 Å². The van der Waals surface area contributed by atoms with E-state index < -0.39 is 0 Å². The molecule has 0 aliphatic carbocycles. The standard InChI is InChI=1S/C15H20N4O/c1-3-5-13-18-14(10-15(19-13)20-4-2)17-11-12-6-8-16-9-7-12/h6-10H,3-5,11H2,1-2H3,(H,17,18,19). The van der Waals surface area contributed by atoms with Gasteiger partial charge in [-0.3, -0.25) is 4.98 Å². The van der Waals surface area contributed by atoms with Crippen LogP contribution in [0.25, 0.3) is 0 Å². The summed E-state index contributed by atoms with van der Waals surface area (Å²) in [4.78, 5) is 12.9. The predicted molar refractivity (Wildman–Crippen MR) is 78.8 cm³/mol. The number of hydrogen-bond donors (Lipinski definition) is 1. The minimum atomic E-state index is 0.604. The van der Waals surface area contributed by atoms with Gasteiger partial charge in [-0.25, -0.2) is 4.98 Å². The molecule has 0 unspecified atom stereocenters. The molecule has 2 rings (SSSR count). The van der Waals surface area contributed by atoms with Gasteiger partial charge in [-0.2, -0.15) is 4.98 Å². The molecule has 0 fully saturated rings. The van der Waals surface area contributed by atoms with Crippen LogP contribution in [0.2, 0.25) is 0 Å². The molecule has 5 nitrogen and oxygen atoms in total. The van der Waals surface area contributed by atoms with E-state index in [0.717, 1.165) is 30.0 Å². The average molecular weight is 272 g/mol. The number of anilines is 1. The lowest BCUT2D eigenvalue weighted by Crippen LogP contribution is -2.06. The molecule has 0 amide bonds. The third-order valence-electron chi connectivity index (χ3n) is 2.74. The molecule has 0 radical (unpaired) electrons. The molecule has 5 heteroatoms. The van der Waals surface area contributed by atoms with Crippen molar-refractivity contribution in [1.29, 1.82) is 0 Å². The summed E-state index contributed by atoms with van der Waals surface area (Å²) < 4.78 is 5.48. The topological polar surface area (TPSA) is 59.9 Å². The molecule has 0 saturated carbocycles. The summed E-state index contributed by atoms with van der Waals surface area (Å²) in [5, 5.41) is 3.30. The lowest BCUT2D eigenvalue weighted by atomic mass is 10.3. The highest BCUT2D eigenvalue weighted by Crippen LogP contribution is 2.15. The van der Waals surface area contributed by atoms with Crippen molar-refractivity contribution in [3.05, 3.63) is 42.0 Å². The van der Waals surface area contributed by atoms with Crippen LogP contribution < -0.4 is 10.1 Å². The fraction of sp³-hybridized carbons (Fsp3) is 0.400. The molecule has 0 aliphatic heterocycles. The summed E-state index contributed by atoms with van der Waals surface area (Å²) in [5.41, 5.74) is 1.16. The van der Waals surface area contributed by atoms with E-state index in [-0.39, 0.29) is 0 Å². The second-order valence-electron chi connectivity index (χ2n) is 4.40. The Hall–Kier alpha value is -2.17. The third kappa shape index (κ3) is 4.19. The van der Waals surface area contributed by atoms with Crippen LogP contribution in [0.5, 0.6) is 5.88 Å². The molecule has 20 heavy (non-hydrogen) atoms. The van der Waals surface area contributed by atoms with E-state index in [4.69, 9.17) is 4.74 Å². The number of ether oxygens (including phenoxy) is 1. The number of aryl methyl sites for hydroxylation is 1. The van der Waals surface area contributed by atoms with Gasteiger partial charge in [0.05, 0.1) is 6.61 Å². The second-order valence-corrected chi connectivity index (χ2v) is 4.40. The fourth-order valence-electron chi connectivity index (χ4n) is 1.81. The van der Waals surface area contributed by atoms with Crippen LogP contribution in [-0.2, 0) is 13.0 Å². The summed E-state index contributed by atoms with van der Waals surface area (Å²) in [7, 11) is 0. The van der Waals surface area contributed by atoms with Gasteiger partial charge in [-0.15, -0.1) is 0 Å². The highest BCUT2D eigenvalue weighted by atomic mass is 16.5. The zero-order valence-electron chi connectivity index (χ0n) is 12.0. The van der Waals surface area contributed by atoms with Gasteiger partial charge in [0, 0.05) is 31.4 Å². The third-order valence-corrected chi connectivity index (χ3v) is 2.74. The van der Waals surface area contributed by atoms with Crippen LogP contribution in [-0.4, -0.2) is 21.6 Å². The van der Waals surface area contributed by atoms with Crippen LogP contribution in [0.15, 0.2) is 30.6 Å². The van der Waals surface area contributed by atoms with Gasteiger partial charge < -0.3 is 10.1 Å². The highest BCUT2D eigenvalue weighted by molar-refractivity contribution is 5.39. The Kier molecular flexibility index (Phi) is 5.29. The van der Waals surface area contributed by atoms with Crippen LogP contribution in [0.4, 0.5) is 5.82 Å². The van der Waals surface area contributed by atoms with Crippen molar-refractivity contribution in [3.8, 4) is 5.88 Å². The van der Waals surface area contributed by atoms with Crippen molar-refractivity contribution in [3.63, 3.8) is 0 Å². The number of aromatic nitrogens is 3. The Bertz CT molecular complexity index is 506. The number of nitrogens with zero attached hydrogens (tertiary/aromatic N) is 3. The zero-order valence-corrected chi connectivity index (χ0v) is 12.0. The van der Waals surface area contributed by atoms with Gasteiger partial charge in [-0.1, -0.05) is 6.92 Å². The first-order valence-electron chi connectivity index (χ1n) is 6.95. The van der Waals surface area contributed by atoms with E-state index in [1.165, 1.54) is 0 Å². The first kappa shape index (κ1) is 14.2. The minimum Gasteiger partial charge on any atom is -0.478 e. The summed E-state index contributed by atoms with van der Waals surface area (Å²) in [6.45, 7) is 5.37. The number of hydrogen-bond acceptors (Lipinski definition) is 5. The smallest absolute Gasteiger partial charge is 0.218 e. The Balaban J connectivity index is 2.09. The summed E-state index contributed by atoms with van der Waals surface area (Å²) in [5.74, 6) is 2.24. The number of rotatable bonds is 7. The minimum absolute atomic E-state index is 0.604. The molecule has 0 aliphatic rings. The summed E-state index contributed by atoms with van der Waals surface area (Å²) in [6.07, 6.45) is 5.43. The van der Waals surface area contributed by atoms with E-state index in [2.05, 4.69) is 27.2 Å². The lowest BCUT2D eigenvalue weighted by Gasteiger charge is -2.10. The van der Waals surface area contributed by atoms with E-state index >= 15 is 0 Å². The van der Waals surface area contributed by atoms with Crippen LogP contribution >= 0.6 is 0 Å². The Morgan fingerprint density at radius 3 is 2.65 bits per heavy atom. The molecular formula is C15H20N4O. The van der Waals surface area contributed by atoms with E-state index in [9.17, 15) is 0 Å². The molecule has 1 N–H and O–H groups in total. The largest absolute Gasteiger partial charge is 0.478 e. The normalized spacial score (nSPS) is 10.3. The van der Waals surface area contributed by atoms with Gasteiger partial charge in [0.25, 0.3) is 0 Å². The Labute approximate surface area is 119 Å². The first-order valence-corrected chi connectivity index (χ1v) is 6.95. The molecular weight excluding hydrogens is 252 g/mol. The van der Waals surface area contributed by atoms with Crippen molar-refractivity contribution in [2.45, 2.75) is 33.2 Å². The molecule has 2 aromatic heterocycles. The van der Waals surface area contributed by atoms with Gasteiger partial charge >= 0.3 is 0 Å². The molecule has 2 heterocycles. The maximum Gasteiger partial charge on any atom is 0.218 e. The maximum atomic E-state index is 5.48. The maximum absolute atomic E-state index is 5.48. The van der Waals surface area contributed by atoms with Gasteiger partial charge in [-0.05, 0) is 31.0 Å². The van der Waals surface area contributed by atoms with Gasteiger partial charge in [0.1, 0.15) is 11.6 Å². The number of pyridine rings is 1. The van der Waals surface area contributed by atoms with Crippen molar-refractivity contribution < 1.29 is 4.74 Å². The van der Waals surface area contributed by atoms with Crippen molar-refractivity contribution in [2.75, 3.05) is 11.9 Å². The number of nitrogens with one attached hydrogen (secondary N) is 1. The van der Waals surface area contributed by atoms with Gasteiger partial charge in [0.15, 0.2) is 0 Å². The van der Waals surface area contributed by atoms with E-state index in [1.807, 2.05) is 25.1 Å². The van der Waals surface area contributed by atoms with Crippen molar-refractivity contribution in [1.82, 2.24) is 15.0 Å². The van der Waals surface area contributed by atoms with Crippen LogP contribution in [0, 0.1) is 0 Å². The molecule has 0 saturated heterocycles. The molecule has 106 valence electrons. The molecule has 0 spiro atoms. The molecule has 2 aromatic rings. The van der Waals surface area contributed by atoms with E-state index in [0.29, 0.717) is 19.0 Å².